The monoisotopic (exact) mass is 155 g/mol. The van der Waals surface area contributed by atoms with Crippen molar-refractivity contribution in [3.63, 3.8) is 0 Å². The summed E-state index contributed by atoms with van der Waals surface area (Å²) < 4.78 is 24.9. The molecule has 0 saturated heterocycles. The fourth-order valence-corrected chi connectivity index (χ4v) is 0.743. The molecule has 0 unspecified atom stereocenters. The third kappa shape index (κ3) is 1.83. The molecule has 3 heteroatoms. The van der Waals surface area contributed by atoms with Crippen LogP contribution in [-0.2, 0) is 11.2 Å². The minimum atomic E-state index is -0.701. The van der Waals surface area contributed by atoms with E-state index in [2.05, 4.69) is 0 Å². The van der Waals surface area contributed by atoms with Crippen molar-refractivity contribution in [2.24, 2.45) is 0 Å². The van der Waals surface area contributed by atoms with Crippen molar-refractivity contribution in [1.82, 2.24) is 0 Å². The largest absolute Gasteiger partial charge is 0.291 e. The van der Waals surface area contributed by atoms with Gasteiger partial charge in [-0.25, -0.2) is 8.78 Å². The molecule has 0 aliphatic heterocycles. The SMILES string of the molecule is O=[C]Cc1ccc(F)cc1F. The number of carbonyl (C=O) groups excluding carboxylic acids is 1. The van der Waals surface area contributed by atoms with Crippen LogP contribution >= 0.6 is 0 Å². The van der Waals surface area contributed by atoms with Gasteiger partial charge in [-0.15, -0.1) is 0 Å². The van der Waals surface area contributed by atoms with Crippen LogP contribution in [0.4, 0.5) is 8.78 Å². The average Bonchev–Trinajstić information content (AvgIpc) is 1.95. The lowest BCUT2D eigenvalue weighted by Crippen LogP contribution is -1.91. The highest BCUT2D eigenvalue weighted by Gasteiger charge is 2.01. The second kappa shape index (κ2) is 3.23. The van der Waals surface area contributed by atoms with E-state index in [1.807, 2.05) is 0 Å². The topological polar surface area (TPSA) is 17.1 Å². The minimum Gasteiger partial charge on any atom is -0.291 e. The highest BCUT2D eigenvalue weighted by molar-refractivity contribution is 5.55. The van der Waals surface area contributed by atoms with Crippen molar-refractivity contribution in [3.05, 3.63) is 35.4 Å². The van der Waals surface area contributed by atoms with E-state index in [0.717, 1.165) is 12.1 Å². The lowest BCUT2D eigenvalue weighted by molar-refractivity contribution is 0.548. The summed E-state index contributed by atoms with van der Waals surface area (Å²) in [5.41, 5.74) is 0.168. The van der Waals surface area contributed by atoms with Gasteiger partial charge in [-0.1, -0.05) is 6.07 Å². The number of hydrogen-bond acceptors (Lipinski definition) is 1. The number of hydrogen-bond donors (Lipinski definition) is 0. The molecule has 0 atom stereocenters. The molecule has 0 aliphatic carbocycles. The maximum absolute atomic E-state index is 12.6. The summed E-state index contributed by atoms with van der Waals surface area (Å²) in [6.07, 6.45) is 1.40. The Kier molecular flexibility index (Phi) is 2.31. The zero-order chi connectivity index (χ0) is 8.27. The third-order valence-electron chi connectivity index (χ3n) is 1.28. The first-order chi connectivity index (χ1) is 5.24. The van der Waals surface area contributed by atoms with E-state index in [0.29, 0.717) is 0 Å². The van der Waals surface area contributed by atoms with E-state index >= 15 is 0 Å². The summed E-state index contributed by atoms with van der Waals surface area (Å²) in [6, 6.07) is 3.08. The summed E-state index contributed by atoms with van der Waals surface area (Å²) in [6.45, 7) is 0. The number of benzene rings is 1. The third-order valence-corrected chi connectivity index (χ3v) is 1.28. The standard InChI is InChI=1S/C8H5F2O/c9-7-2-1-6(3-4-11)8(10)5-7/h1-2,5H,3H2. The van der Waals surface area contributed by atoms with Crippen LogP contribution in [-0.4, -0.2) is 6.29 Å². The van der Waals surface area contributed by atoms with Crippen molar-refractivity contribution in [2.45, 2.75) is 6.42 Å². The first kappa shape index (κ1) is 7.85. The Balaban J connectivity index is 2.98. The van der Waals surface area contributed by atoms with E-state index in [4.69, 9.17) is 0 Å². The summed E-state index contributed by atoms with van der Waals surface area (Å²) in [7, 11) is 0. The van der Waals surface area contributed by atoms with Crippen LogP contribution in [0, 0.1) is 11.6 Å². The Morgan fingerprint density at radius 3 is 2.64 bits per heavy atom. The second-order valence-corrected chi connectivity index (χ2v) is 2.06. The molecule has 57 valence electrons. The van der Waals surface area contributed by atoms with Gasteiger partial charge < -0.3 is 0 Å². The predicted molar refractivity (Wildman–Crippen MR) is 35.8 cm³/mol. The van der Waals surface area contributed by atoms with Crippen LogP contribution in [0.3, 0.4) is 0 Å². The molecule has 1 rings (SSSR count). The molecule has 0 saturated carbocycles. The molecular formula is C8H5F2O. The van der Waals surface area contributed by atoms with Crippen LogP contribution in [0.2, 0.25) is 0 Å². The molecule has 11 heavy (non-hydrogen) atoms. The zero-order valence-corrected chi connectivity index (χ0v) is 5.60. The van der Waals surface area contributed by atoms with Gasteiger partial charge in [0.25, 0.3) is 0 Å². The van der Waals surface area contributed by atoms with Crippen LogP contribution in [0.15, 0.2) is 18.2 Å². The fourth-order valence-electron chi connectivity index (χ4n) is 0.743. The molecule has 1 nitrogen and oxygen atoms in total. The zero-order valence-electron chi connectivity index (χ0n) is 5.60. The fraction of sp³-hybridized carbons (Fsp3) is 0.125. The molecule has 0 N–H and O–H groups in total. The Morgan fingerprint density at radius 1 is 1.36 bits per heavy atom. The molecule has 0 aromatic heterocycles. The molecule has 0 bridgehead atoms. The van der Waals surface area contributed by atoms with E-state index < -0.39 is 11.6 Å². The molecule has 0 amide bonds. The van der Waals surface area contributed by atoms with Crippen LogP contribution in [0.5, 0.6) is 0 Å². The Morgan fingerprint density at radius 2 is 2.09 bits per heavy atom. The minimum absolute atomic E-state index is 0.133. The van der Waals surface area contributed by atoms with E-state index in [1.165, 1.54) is 12.4 Å². The van der Waals surface area contributed by atoms with Crippen molar-refractivity contribution < 1.29 is 13.6 Å². The predicted octanol–water partition coefficient (Wildman–Crippen LogP) is 1.62. The molecular weight excluding hydrogens is 150 g/mol. The van der Waals surface area contributed by atoms with Crippen molar-refractivity contribution in [1.29, 1.82) is 0 Å². The van der Waals surface area contributed by atoms with Crippen molar-refractivity contribution in [2.75, 3.05) is 0 Å². The highest BCUT2D eigenvalue weighted by atomic mass is 19.1. The molecule has 0 aliphatic rings. The lowest BCUT2D eigenvalue weighted by Gasteiger charge is -1.95. The van der Waals surface area contributed by atoms with Gasteiger partial charge in [-0.3, -0.25) is 4.79 Å². The van der Waals surface area contributed by atoms with Gasteiger partial charge in [0.05, 0.1) is 0 Å². The Bertz CT molecular complexity index is 271. The van der Waals surface area contributed by atoms with Gasteiger partial charge in [0.1, 0.15) is 11.6 Å². The highest BCUT2D eigenvalue weighted by Crippen LogP contribution is 2.08. The van der Waals surface area contributed by atoms with Crippen LogP contribution in [0.25, 0.3) is 0 Å². The second-order valence-electron chi connectivity index (χ2n) is 2.06. The van der Waals surface area contributed by atoms with Crippen LogP contribution in [0.1, 0.15) is 5.56 Å². The lowest BCUT2D eigenvalue weighted by atomic mass is 10.1. The van der Waals surface area contributed by atoms with E-state index in [9.17, 15) is 13.6 Å². The van der Waals surface area contributed by atoms with Crippen molar-refractivity contribution >= 4 is 6.29 Å². The van der Waals surface area contributed by atoms with E-state index in [-0.39, 0.29) is 12.0 Å². The molecule has 0 fully saturated rings. The average molecular weight is 155 g/mol. The van der Waals surface area contributed by atoms with Gasteiger partial charge in [0, 0.05) is 12.5 Å². The van der Waals surface area contributed by atoms with Gasteiger partial charge in [0.15, 0.2) is 0 Å². The summed E-state index contributed by atoms with van der Waals surface area (Å²) in [5.74, 6) is -1.34. The molecule has 1 aromatic carbocycles. The maximum atomic E-state index is 12.6. The molecule has 0 heterocycles. The molecule has 0 spiro atoms. The Labute approximate surface area is 62.7 Å². The maximum Gasteiger partial charge on any atom is 0.203 e. The number of rotatable bonds is 2. The van der Waals surface area contributed by atoms with Gasteiger partial charge in [0.2, 0.25) is 6.29 Å². The molecule has 1 radical (unpaired) electrons. The first-order valence-corrected chi connectivity index (χ1v) is 3.03. The Hall–Kier alpha value is -1.25. The van der Waals surface area contributed by atoms with Gasteiger partial charge in [-0.05, 0) is 11.6 Å². The summed E-state index contributed by atoms with van der Waals surface area (Å²) in [5, 5.41) is 0. The van der Waals surface area contributed by atoms with Gasteiger partial charge in [-0.2, -0.15) is 0 Å². The van der Waals surface area contributed by atoms with Crippen LogP contribution < -0.4 is 0 Å². The van der Waals surface area contributed by atoms with E-state index in [1.54, 1.807) is 0 Å². The smallest absolute Gasteiger partial charge is 0.203 e. The summed E-state index contributed by atoms with van der Waals surface area (Å²) in [4.78, 5) is 9.83. The normalized spacial score (nSPS) is 9.64. The first-order valence-electron chi connectivity index (χ1n) is 3.03. The molecule has 1 aromatic rings. The summed E-state index contributed by atoms with van der Waals surface area (Å²) >= 11 is 0. The number of halogens is 2. The van der Waals surface area contributed by atoms with Gasteiger partial charge >= 0.3 is 0 Å². The quantitative estimate of drug-likeness (QED) is 0.634. The van der Waals surface area contributed by atoms with Crippen molar-refractivity contribution in [3.8, 4) is 0 Å².